The van der Waals surface area contributed by atoms with Gasteiger partial charge in [0.1, 0.15) is 5.58 Å². The minimum absolute atomic E-state index is 0.0145. The Labute approximate surface area is 175 Å². The molecule has 0 saturated carbocycles. The maximum atomic E-state index is 13.6. The molecule has 1 amide bonds. The zero-order valence-electron chi connectivity index (χ0n) is 17.1. The number of hydrogen-bond donors (Lipinski definition) is 0. The molecule has 0 aliphatic carbocycles. The summed E-state index contributed by atoms with van der Waals surface area (Å²) in [5, 5.41) is 2.94. The summed E-state index contributed by atoms with van der Waals surface area (Å²) in [6.45, 7) is 8.31. The Bertz CT molecular complexity index is 1200. The minimum atomic E-state index is -3.11. The lowest BCUT2D eigenvalue weighted by molar-refractivity contribution is 0.0651. The summed E-state index contributed by atoms with van der Waals surface area (Å²) in [5.74, 6) is 0.223. The number of hydrogen-bond acceptors (Lipinski definition) is 5. The van der Waals surface area contributed by atoms with E-state index in [0.29, 0.717) is 18.7 Å². The Morgan fingerprint density at radius 3 is 2.59 bits per heavy atom. The Hall–Kier alpha value is -2.12. The number of sulfone groups is 1. The van der Waals surface area contributed by atoms with Crippen LogP contribution in [0.2, 0.25) is 0 Å². The number of nitrogens with zero attached hydrogens (tertiary/aromatic N) is 1. The molecule has 154 valence electrons. The fraction of sp³-hybridized carbons (Fsp3) is 0.409. The van der Waals surface area contributed by atoms with Crippen molar-refractivity contribution in [2.45, 2.75) is 46.7 Å². The lowest BCUT2D eigenvalue weighted by Crippen LogP contribution is -2.40. The molecule has 4 rings (SSSR count). The van der Waals surface area contributed by atoms with Crippen molar-refractivity contribution in [2.24, 2.45) is 0 Å². The van der Waals surface area contributed by atoms with Gasteiger partial charge in [-0.25, -0.2) is 8.42 Å². The molecule has 1 aliphatic rings. The highest BCUT2D eigenvalue weighted by molar-refractivity contribution is 7.91. The van der Waals surface area contributed by atoms with Gasteiger partial charge in [-0.05, 0) is 68.3 Å². The van der Waals surface area contributed by atoms with Crippen molar-refractivity contribution in [3.63, 3.8) is 0 Å². The van der Waals surface area contributed by atoms with Gasteiger partial charge in [0.15, 0.2) is 15.6 Å². The number of thiophene rings is 1. The van der Waals surface area contributed by atoms with E-state index >= 15 is 0 Å². The van der Waals surface area contributed by atoms with Crippen LogP contribution < -0.4 is 0 Å². The molecule has 0 N–H and O–H groups in total. The summed E-state index contributed by atoms with van der Waals surface area (Å²) in [4.78, 5) is 16.4. The molecule has 1 aliphatic heterocycles. The number of benzene rings is 1. The molecule has 1 fully saturated rings. The van der Waals surface area contributed by atoms with Crippen molar-refractivity contribution >= 4 is 38.1 Å². The molecule has 0 spiro atoms. The maximum absolute atomic E-state index is 13.6. The number of carbonyl (C=O) groups is 1. The molecule has 3 heterocycles. The van der Waals surface area contributed by atoms with Gasteiger partial charge in [-0.15, -0.1) is 11.3 Å². The molecule has 1 aromatic carbocycles. The fourth-order valence-electron chi connectivity index (χ4n) is 4.11. The first kappa shape index (κ1) is 20.2. The highest BCUT2D eigenvalue weighted by Crippen LogP contribution is 2.32. The summed E-state index contributed by atoms with van der Waals surface area (Å²) in [5.41, 5.74) is 4.76. The number of furan rings is 1. The van der Waals surface area contributed by atoms with Crippen LogP contribution in [0.25, 0.3) is 11.0 Å². The second-order valence-corrected chi connectivity index (χ2v) is 11.3. The average molecular weight is 432 g/mol. The van der Waals surface area contributed by atoms with E-state index in [1.165, 1.54) is 0 Å². The summed E-state index contributed by atoms with van der Waals surface area (Å²) < 4.78 is 30.3. The summed E-state index contributed by atoms with van der Waals surface area (Å²) in [7, 11) is -3.11. The quantitative estimate of drug-likeness (QED) is 0.607. The monoisotopic (exact) mass is 431 g/mol. The van der Waals surface area contributed by atoms with Crippen LogP contribution in [0.5, 0.6) is 0 Å². The molecule has 1 saturated heterocycles. The Balaban J connectivity index is 1.77. The van der Waals surface area contributed by atoms with Crippen LogP contribution in [0.15, 0.2) is 28.0 Å². The van der Waals surface area contributed by atoms with E-state index in [1.54, 1.807) is 16.2 Å². The SMILES string of the molecule is Cc1cc(C)c2oc(C(=O)N(Cc3sccc3C)[C@@H]3CCS(=O)(=O)C3)c(C)c2c1. The maximum Gasteiger partial charge on any atom is 0.290 e. The van der Waals surface area contributed by atoms with Crippen LogP contribution in [0, 0.1) is 27.7 Å². The molecule has 0 unspecified atom stereocenters. The summed E-state index contributed by atoms with van der Waals surface area (Å²) in [6.07, 6.45) is 0.468. The largest absolute Gasteiger partial charge is 0.450 e. The molecule has 1 atom stereocenters. The molecular formula is C22H25NO4S2. The van der Waals surface area contributed by atoms with Gasteiger partial charge in [0.2, 0.25) is 0 Å². The normalized spacial score (nSPS) is 18.4. The van der Waals surface area contributed by atoms with E-state index < -0.39 is 9.84 Å². The second kappa shape index (κ2) is 7.29. The molecule has 7 heteroatoms. The van der Waals surface area contributed by atoms with Crippen molar-refractivity contribution in [3.8, 4) is 0 Å². The lowest BCUT2D eigenvalue weighted by atomic mass is 10.1. The molecule has 3 aromatic rings. The molecule has 29 heavy (non-hydrogen) atoms. The number of fused-ring (bicyclic) bond motifs is 1. The van der Waals surface area contributed by atoms with Gasteiger partial charge in [0.25, 0.3) is 5.91 Å². The van der Waals surface area contributed by atoms with Crippen molar-refractivity contribution in [1.29, 1.82) is 0 Å². The van der Waals surface area contributed by atoms with Gasteiger partial charge in [-0.1, -0.05) is 6.07 Å². The summed E-state index contributed by atoms with van der Waals surface area (Å²) in [6, 6.07) is 5.76. The van der Waals surface area contributed by atoms with Crippen LogP contribution in [0.4, 0.5) is 0 Å². The van der Waals surface area contributed by atoms with E-state index in [9.17, 15) is 13.2 Å². The zero-order valence-corrected chi connectivity index (χ0v) is 18.7. The number of rotatable bonds is 4. The van der Waals surface area contributed by atoms with Gasteiger partial charge in [0.05, 0.1) is 18.1 Å². The van der Waals surface area contributed by atoms with Crippen LogP contribution >= 0.6 is 11.3 Å². The number of carbonyl (C=O) groups excluding carboxylic acids is 1. The molecule has 2 aromatic heterocycles. The van der Waals surface area contributed by atoms with Crippen LogP contribution in [-0.2, 0) is 16.4 Å². The van der Waals surface area contributed by atoms with Gasteiger partial charge >= 0.3 is 0 Å². The van der Waals surface area contributed by atoms with E-state index in [0.717, 1.165) is 38.1 Å². The second-order valence-electron chi connectivity index (χ2n) is 8.03. The Kier molecular flexibility index (Phi) is 5.07. The Morgan fingerprint density at radius 2 is 1.97 bits per heavy atom. The molecule has 5 nitrogen and oxygen atoms in total. The Morgan fingerprint density at radius 1 is 1.21 bits per heavy atom. The third kappa shape index (κ3) is 3.73. The smallest absolute Gasteiger partial charge is 0.290 e. The fourth-order valence-corrected chi connectivity index (χ4v) is 6.75. The van der Waals surface area contributed by atoms with Crippen LogP contribution in [-0.4, -0.2) is 36.8 Å². The van der Waals surface area contributed by atoms with Crippen molar-refractivity contribution in [1.82, 2.24) is 4.90 Å². The minimum Gasteiger partial charge on any atom is -0.450 e. The number of amides is 1. The molecule has 0 bridgehead atoms. The van der Waals surface area contributed by atoms with Crippen LogP contribution in [0.1, 0.15) is 44.1 Å². The lowest BCUT2D eigenvalue weighted by Gasteiger charge is -2.27. The van der Waals surface area contributed by atoms with Crippen LogP contribution in [0.3, 0.4) is 0 Å². The van der Waals surface area contributed by atoms with Gasteiger partial charge in [-0.2, -0.15) is 0 Å². The molecule has 0 radical (unpaired) electrons. The first-order valence-electron chi connectivity index (χ1n) is 9.71. The van der Waals surface area contributed by atoms with Gasteiger partial charge in [0, 0.05) is 21.9 Å². The predicted molar refractivity (Wildman–Crippen MR) is 116 cm³/mol. The summed E-state index contributed by atoms with van der Waals surface area (Å²) >= 11 is 1.59. The third-order valence-electron chi connectivity index (χ3n) is 5.75. The first-order chi connectivity index (χ1) is 13.7. The first-order valence-corrected chi connectivity index (χ1v) is 12.4. The van der Waals surface area contributed by atoms with E-state index in [1.807, 2.05) is 51.3 Å². The average Bonchev–Trinajstić information content (AvgIpc) is 3.31. The highest BCUT2D eigenvalue weighted by atomic mass is 32.2. The zero-order chi connectivity index (χ0) is 20.9. The van der Waals surface area contributed by atoms with Gasteiger partial charge < -0.3 is 9.32 Å². The van der Waals surface area contributed by atoms with E-state index in [4.69, 9.17) is 4.42 Å². The van der Waals surface area contributed by atoms with E-state index in [-0.39, 0.29) is 23.5 Å². The predicted octanol–water partition coefficient (Wildman–Crippen LogP) is 4.56. The van der Waals surface area contributed by atoms with Gasteiger partial charge in [-0.3, -0.25) is 4.79 Å². The standard InChI is InChI=1S/C22H25NO4S2/c1-13-9-15(3)20-18(10-13)16(4)21(27-20)22(24)23(11-19-14(2)5-7-28-19)17-6-8-29(25,26)12-17/h5,7,9-10,17H,6,8,11-12H2,1-4H3/t17-/m1/s1. The third-order valence-corrected chi connectivity index (χ3v) is 8.51. The number of aryl methyl sites for hydroxylation is 4. The topological polar surface area (TPSA) is 67.6 Å². The van der Waals surface area contributed by atoms with Crippen molar-refractivity contribution in [3.05, 3.63) is 56.5 Å². The van der Waals surface area contributed by atoms with E-state index in [2.05, 4.69) is 0 Å². The highest BCUT2D eigenvalue weighted by Gasteiger charge is 2.37. The van der Waals surface area contributed by atoms with Crippen molar-refractivity contribution < 1.29 is 17.6 Å². The van der Waals surface area contributed by atoms with Crippen molar-refractivity contribution in [2.75, 3.05) is 11.5 Å². The molecular weight excluding hydrogens is 406 g/mol.